The minimum Gasteiger partial charge on any atom is -0.489 e. The van der Waals surface area contributed by atoms with Gasteiger partial charge >= 0.3 is 0 Å². The lowest BCUT2D eigenvalue weighted by molar-refractivity contribution is -0.479. The quantitative estimate of drug-likeness (QED) is 0.177. The van der Waals surface area contributed by atoms with Gasteiger partial charge in [0.25, 0.3) is 0 Å². The van der Waals surface area contributed by atoms with Crippen molar-refractivity contribution >= 4 is 27.7 Å². The van der Waals surface area contributed by atoms with E-state index in [0.29, 0.717) is 28.0 Å². The number of nitro groups is 1. The molecule has 0 fully saturated rings. The number of benzene rings is 2. The summed E-state index contributed by atoms with van der Waals surface area (Å²) in [6.45, 7) is 5.33. The van der Waals surface area contributed by atoms with E-state index < -0.39 is 5.25 Å². The first-order valence-corrected chi connectivity index (χ1v) is 10.6. The number of thioether (sulfide) groups is 1. The van der Waals surface area contributed by atoms with Crippen molar-refractivity contribution in [2.75, 3.05) is 13.2 Å². The SMILES string of the molecule is C=CCOc1ccc(Br)cc1[C@@H](C[N+](=O)[O-])Sc1nnc(C)n1-c1ccc(F)cc1. The van der Waals surface area contributed by atoms with Gasteiger partial charge in [0, 0.05) is 20.6 Å². The molecule has 0 radical (unpaired) electrons. The largest absolute Gasteiger partial charge is 0.489 e. The number of rotatable bonds is 9. The molecule has 156 valence electrons. The maximum Gasteiger partial charge on any atom is 0.220 e. The number of ether oxygens (including phenoxy) is 1. The van der Waals surface area contributed by atoms with Crippen LogP contribution in [0.1, 0.15) is 16.6 Å². The Morgan fingerprint density at radius 2 is 2.07 bits per heavy atom. The van der Waals surface area contributed by atoms with Crippen LogP contribution in [-0.4, -0.2) is 32.8 Å². The number of halogens is 2. The maximum absolute atomic E-state index is 13.3. The van der Waals surface area contributed by atoms with Gasteiger partial charge in [0.05, 0.1) is 0 Å². The van der Waals surface area contributed by atoms with Gasteiger partial charge in [-0.15, -0.1) is 10.2 Å². The summed E-state index contributed by atoms with van der Waals surface area (Å²) in [6.07, 6.45) is 1.61. The van der Waals surface area contributed by atoms with E-state index in [1.165, 1.54) is 23.9 Å². The topological polar surface area (TPSA) is 83.1 Å². The highest BCUT2D eigenvalue weighted by atomic mass is 79.9. The Morgan fingerprint density at radius 3 is 2.73 bits per heavy atom. The van der Waals surface area contributed by atoms with Gasteiger partial charge in [0.1, 0.15) is 29.2 Å². The molecular weight excluding hydrogens is 475 g/mol. The fourth-order valence-electron chi connectivity index (χ4n) is 2.82. The summed E-state index contributed by atoms with van der Waals surface area (Å²) < 4.78 is 21.6. The van der Waals surface area contributed by atoms with Crippen LogP contribution in [0.4, 0.5) is 4.39 Å². The van der Waals surface area contributed by atoms with E-state index in [-0.39, 0.29) is 23.9 Å². The Labute approximate surface area is 185 Å². The van der Waals surface area contributed by atoms with Gasteiger partial charge in [-0.25, -0.2) is 4.39 Å². The van der Waals surface area contributed by atoms with Gasteiger partial charge < -0.3 is 4.74 Å². The van der Waals surface area contributed by atoms with Crippen LogP contribution in [0.2, 0.25) is 0 Å². The fourth-order valence-corrected chi connectivity index (χ4v) is 4.39. The van der Waals surface area contributed by atoms with Crippen molar-refractivity contribution < 1.29 is 14.1 Å². The molecule has 1 heterocycles. The Kier molecular flexibility index (Phi) is 7.22. The molecule has 7 nitrogen and oxygen atoms in total. The molecular formula is C20H18BrFN4O3S. The summed E-state index contributed by atoms with van der Waals surface area (Å²) in [4.78, 5) is 11.0. The van der Waals surface area contributed by atoms with Crippen LogP contribution in [-0.2, 0) is 0 Å². The van der Waals surface area contributed by atoms with E-state index >= 15 is 0 Å². The zero-order chi connectivity index (χ0) is 21.7. The predicted molar refractivity (Wildman–Crippen MR) is 116 cm³/mol. The molecule has 0 aliphatic heterocycles. The third-order valence-corrected chi connectivity index (χ3v) is 5.77. The van der Waals surface area contributed by atoms with Crippen molar-refractivity contribution in [3.63, 3.8) is 0 Å². The number of aryl methyl sites for hydroxylation is 1. The summed E-state index contributed by atoms with van der Waals surface area (Å²) in [5.74, 6) is 0.756. The van der Waals surface area contributed by atoms with E-state index in [2.05, 4.69) is 32.7 Å². The van der Waals surface area contributed by atoms with Gasteiger partial charge in [-0.3, -0.25) is 14.7 Å². The number of aromatic nitrogens is 3. The van der Waals surface area contributed by atoms with Crippen molar-refractivity contribution in [1.82, 2.24) is 14.8 Å². The van der Waals surface area contributed by atoms with Crippen molar-refractivity contribution in [3.8, 4) is 11.4 Å². The third kappa shape index (κ3) is 5.25. The van der Waals surface area contributed by atoms with Crippen LogP contribution < -0.4 is 4.74 Å². The summed E-state index contributed by atoms with van der Waals surface area (Å²) in [6, 6.07) is 11.3. The van der Waals surface area contributed by atoms with Crippen LogP contribution >= 0.6 is 27.7 Å². The molecule has 0 aliphatic carbocycles. The first-order chi connectivity index (χ1) is 14.4. The molecule has 0 spiro atoms. The monoisotopic (exact) mass is 492 g/mol. The molecule has 2 aromatic carbocycles. The number of hydrogen-bond donors (Lipinski definition) is 0. The molecule has 0 aliphatic rings. The molecule has 30 heavy (non-hydrogen) atoms. The molecule has 3 rings (SSSR count). The first-order valence-electron chi connectivity index (χ1n) is 8.88. The molecule has 0 saturated heterocycles. The molecule has 0 saturated carbocycles. The summed E-state index contributed by atoms with van der Waals surface area (Å²) in [7, 11) is 0. The van der Waals surface area contributed by atoms with Crippen LogP contribution in [0, 0.1) is 22.9 Å². The molecule has 1 aromatic heterocycles. The Bertz CT molecular complexity index is 1060. The molecule has 10 heteroatoms. The molecule has 0 amide bonds. The van der Waals surface area contributed by atoms with Gasteiger partial charge in [0.2, 0.25) is 6.54 Å². The average molecular weight is 493 g/mol. The minimum atomic E-state index is -0.597. The standard InChI is InChI=1S/C20H18BrFN4O3S/c1-3-10-29-18-9-4-14(21)11-17(18)19(12-25(27)28)30-20-24-23-13(2)26(20)16-7-5-15(22)6-8-16/h3-9,11,19H,1,10,12H2,2H3/t19-/m1/s1. The zero-order valence-electron chi connectivity index (χ0n) is 16.0. The lowest BCUT2D eigenvalue weighted by atomic mass is 10.1. The predicted octanol–water partition coefficient (Wildman–Crippen LogP) is 5.15. The lowest BCUT2D eigenvalue weighted by Crippen LogP contribution is -2.12. The van der Waals surface area contributed by atoms with Crippen molar-refractivity contribution in [3.05, 3.63) is 86.9 Å². The van der Waals surface area contributed by atoms with Crippen molar-refractivity contribution in [1.29, 1.82) is 0 Å². The van der Waals surface area contributed by atoms with Crippen LogP contribution in [0.15, 0.2) is 64.7 Å². The zero-order valence-corrected chi connectivity index (χ0v) is 18.4. The molecule has 1 atom stereocenters. The first kappa shape index (κ1) is 22.0. The van der Waals surface area contributed by atoms with Crippen molar-refractivity contribution in [2.45, 2.75) is 17.3 Å². The van der Waals surface area contributed by atoms with Crippen LogP contribution in [0.5, 0.6) is 5.75 Å². The Balaban J connectivity index is 2.02. The van der Waals surface area contributed by atoms with E-state index in [0.717, 1.165) is 4.47 Å². The van der Waals surface area contributed by atoms with Crippen LogP contribution in [0.3, 0.4) is 0 Å². The van der Waals surface area contributed by atoms with E-state index in [4.69, 9.17) is 4.74 Å². The second-order valence-corrected chi connectivity index (χ2v) is 8.33. The second-order valence-electron chi connectivity index (χ2n) is 6.25. The summed E-state index contributed by atoms with van der Waals surface area (Å²) in [5, 5.41) is 19.6. The summed E-state index contributed by atoms with van der Waals surface area (Å²) in [5.41, 5.74) is 1.32. The Hall–Kier alpha value is -2.72. The van der Waals surface area contributed by atoms with E-state index in [1.807, 2.05) is 0 Å². The molecule has 0 unspecified atom stereocenters. The number of nitrogens with zero attached hydrogens (tertiary/aromatic N) is 4. The fraction of sp³-hybridized carbons (Fsp3) is 0.200. The Morgan fingerprint density at radius 1 is 1.33 bits per heavy atom. The van der Waals surface area contributed by atoms with Gasteiger partial charge in [0.15, 0.2) is 5.16 Å². The average Bonchev–Trinajstić information content (AvgIpc) is 3.07. The lowest BCUT2D eigenvalue weighted by Gasteiger charge is -2.18. The molecule has 3 aromatic rings. The van der Waals surface area contributed by atoms with E-state index in [9.17, 15) is 14.5 Å². The molecule has 0 N–H and O–H groups in total. The van der Waals surface area contributed by atoms with Gasteiger partial charge in [-0.05, 0) is 49.4 Å². The van der Waals surface area contributed by atoms with E-state index in [1.54, 1.807) is 47.9 Å². The highest BCUT2D eigenvalue weighted by Crippen LogP contribution is 2.41. The maximum atomic E-state index is 13.3. The minimum absolute atomic E-state index is 0.273. The van der Waals surface area contributed by atoms with Crippen molar-refractivity contribution in [2.24, 2.45) is 0 Å². The highest BCUT2D eigenvalue weighted by molar-refractivity contribution is 9.10. The normalized spacial score (nSPS) is 11.8. The second kappa shape index (κ2) is 9.86. The smallest absolute Gasteiger partial charge is 0.220 e. The van der Waals surface area contributed by atoms with Gasteiger partial charge in [-0.2, -0.15) is 0 Å². The van der Waals surface area contributed by atoms with Gasteiger partial charge in [-0.1, -0.05) is 40.3 Å². The summed E-state index contributed by atoms with van der Waals surface area (Å²) >= 11 is 4.62. The number of hydrogen-bond acceptors (Lipinski definition) is 6. The highest BCUT2D eigenvalue weighted by Gasteiger charge is 2.27. The van der Waals surface area contributed by atoms with Crippen LogP contribution in [0.25, 0.3) is 5.69 Å². The molecule has 0 bridgehead atoms. The third-order valence-electron chi connectivity index (χ3n) is 4.12.